The Morgan fingerprint density at radius 1 is 1.12 bits per heavy atom. The number of rotatable bonds is 6. The molecule has 0 saturated heterocycles. The summed E-state index contributed by atoms with van der Waals surface area (Å²) in [4.78, 5) is 4.71. The summed E-state index contributed by atoms with van der Waals surface area (Å²) in [5.41, 5.74) is 0.533. The van der Waals surface area contributed by atoms with Crippen molar-refractivity contribution >= 4 is 5.96 Å². The first-order chi connectivity index (χ1) is 7.76. The highest BCUT2D eigenvalue weighted by Gasteiger charge is 2.35. The van der Waals surface area contributed by atoms with Crippen molar-refractivity contribution in [3.05, 3.63) is 0 Å². The van der Waals surface area contributed by atoms with E-state index < -0.39 is 0 Å². The van der Waals surface area contributed by atoms with E-state index in [0.717, 1.165) is 25.6 Å². The molecule has 0 aromatic rings. The van der Waals surface area contributed by atoms with Gasteiger partial charge >= 0.3 is 0 Å². The zero-order valence-electron chi connectivity index (χ0n) is 11.1. The van der Waals surface area contributed by atoms with Crippen molar-refractivity contribution in [2.75, 3.05) is 19.6 Å². The SMILES string of the molecule is CCCC1(CN=C(NCC)NCC)CCC1. The van der Waals surface area contributed by atoms with Gasteiger partial charge in [-0.3, -0.25) is 4.99 Å². The second-order valence-electron chi connectivity index (χ2n) is 4.83. The zero-order valence-corrected chi connectivity index (χ0v) is 11.1. The fourth-order valence-corrected chi connectivity index (χ4v) is 2.45. The van der Waals surface area contributed by atoms with E-state index in [1.165, 1.54) is 32.1 Å². The van der Waals surface area contributed by atoms with Crippen LogP contribution in [-0.2, 0) is 0 Å². The molecule has 0 aromatic carbocycles. The molecule has 3 heteroatoms. The summed E-state index contributed by atoms with van der Waals surface area (Å²) in [5, 5.41) is 6.57. The van der Waals surface area contributed by atoms with E-state index in [4.69, 9.17) is 4.99 Å². The fourth-order valence-electron chi connectivity index (χ4n) is 2.45. The normalized spacial score (nSPS) is 17.4. The Hall–Kier alpha value is -0.730. The van der Waals surface area contributed by atoms with Crippen molar-refractivity contribution < 1.29 is 0 Å². The highest BCUT2D eigenvalue weighted by Crippen LogP contribution is 2.44. The third kappa shape index (κ3) is 3.69. The van der Waals surface area contributed by atoms with Crippen LogP contribution in [0, 0.1) is 5.41 Å². The molecule has 0 heterocycles. The van der Waals surface area contributed by atoms with Crippen LogP contribution in [-0.4, -0.2) is 25.6 Å². The lowest BCUT2D eigenvalue weighted by atomic mass is 9.66. The molecule has 3 nitrogen and oxygen atoms in total. The van der Waals surface area contributed by atoms with Crippen molar-refractivity contribution in [1.82, 2.24) is 10.6 Å². The van der Waals surface area contributed by atoms with E-state index in [0.29, 0.717) is 5.41 Å². The highest BCUT2D eigenvalue weighted by atomic mass is 15.2. The predicted octanol–water partition coefficient (Wildman–Crippen LogP) is 2.53. The summed E-state index contributed by atoms with van der Waals surface area (Å²) < 4.78 is 0. The van der Waals surface area contributed by atoms with Gasteiger partial charge in [0.1, 0.15) is 0 Å². The summed E-state index contributed by atoms with van der Waals surface area (Å²) in [6.07, 6.45) is 6.76. The number of nitrogens with zero attached hydrogens (tertiary/aromatic N) is 1. The van der Waals surface area contributed by atoms with Crippen molar-refractivity contribution in [2.24, 2.45) is 10.4 Å². The minimum Gasteiger partial charge on any atom is -0.357 e. The largest absolute Gasteiger partial charge is 0.357 e. The minimum absolute atomic E-state index is 0.533. The lowest BCUT2D eigenvalue weighted by Gasteiger charge is -2.40. The van der Waals surface area contributed by atoms with Crippen molar-refractivity contribution in [3.8, 4) is 0 Å². The first kappa shape index (κ1) is 13.3. The molecule has 94 valence electrons. The van der Waals surface area contributed by atoms with Gasteiger partial charge in [0.05, 0.1) is 0 Å². The zero-order chi connectivity index (χ0) is 11.9. The standard InChI is InChI=1S/C13H27N3/c1-4-8-13(9-7-10-13)11-16-12(14-5-2)15-6-3/h4-11H2,1-3H3,(H2,14,15,16). The molecule has 0 atom stereocenters. The molecule has 0 bridgehead atoms. The van der Waals surface area contributed by atoms with Crippen LogP contribution in [0.5, 0.6) is 0 Å². The average molecular weight is 225 g/mol. The van der Waals surface area contributed by atoms with E-state index in [2.05, 4.69) is 31.4 Å². The van der Waals surface area contributed by atoms with Gasteiger partial charge in [0.25, 0.3) is 0 Å². The van der Waals surface area contributed by atoms with E-state index in [1.807, 2.05) is 0 Å². The summed E-state index contributed by atoms with van der Waals surface area (Å²) in [5.74, 6) is 0.979. The monoisotopic (exact) mass is 225 g/mol. The Labute approximate surface area is 100 Å². The van der Waals surface area contributed by atoms with Crippen LogP contribution in [0.3, 0.4) is 0 Å². The van der Waals surface area contributed by atoms with Crippen LogP contribution < -0.4 is 10.6 Å². The van der Waals surface area contributed by atoms with Crippen LogP contribution in [0.15, 0.2) is 4.99 Å². The summed E-state index contributed by atoms with van der Waals surface area (Å²) in [6.45, 7) is 9.37. The van der Waals surface area contributed by atoms with Gasteiger partial charge in [0.15, 0.2) is 5.96 Å². The van der Waals surface area contributed by atoms with Gasteiger partial charge < -0.3 is 10.6 Å². The molecule has 0 amide bonds. The van der Waals surface area contributed by atoms with Crippen molar-refractivity contribution in [2.45, 2.75) is 52.9 Å². The Bertz CT molecular complexity index is 211. The third-order valence-electron chi connectivity index (χ3n) is 3.46. The molecule has 2 N–H and O–H groups in total. The molecule has 1 aliphatic carbocycles. The molecule has 0 unspecified atom stereocenters. The molecule has 0 aliphatic heterocycles. The van der Waals surface area contributed by atoms with Crippen LogP contribution in [0.4, 0.5) is 0 Å². The maximum Gasteiger partial charge on any atom is 0.191 e. The number of nitrogens with one attached hydrogen (secondary N) is 2. The molecule has 1 saturated carbocycles. The smallest absolute Gasteiger partial charge is 0.191 e. The van der Waals surface area contributed by atoms with Crippen LogP contribution in [0.2, 0.25) is 0 Å². The van der Waals surface area contributed by atoms with E-state index in [9.17, 15) is 0 Å². The van der Waals surface area contributed by atoms with Crippen molar-refractivity contribution in [1.29, 1.82) is 0 Å². The molecule has 1 fully saturated rings. The summed E-state index contributed by atoms with van der Waals surface area (Å²) >= 11 is 0. The maximum absolute atomic E-state index is 4.71. The number of hydrogen-bond donors (Lipinski definition) is 2. The molecule has 0 radical (unpaired) electrons. The van der Waals surface area contributed by atoms with Crippen LogP contribution >= 0.6 is 0 Å². The topological polar surface area (TPSA) is 36.4 Å². The Morgan fingerprint density at radius 2 is 1.75 bits per heavy atom. The second kappa shape index (κ2) is 6.77. The molecule has 1 aliphatic rings. The van der Waals surface area contributed by atoms with Gasteiger partial charge in [-0.05, 0) is 38.5 Å². The van der Waals surface area contributed by atoms with E-state index in [-0.39, 0.29) is 0 Å². The maximum atomic E-state index is 4.71. The molecule has 1 rings (SSSR count). The van der Waals surface area contributed by atoms with Crippen LogP contribution in [0.25, 0.3) is 0 Å². The van der Waals surface area contributed by atoms with Crippen LogP contribution in [0.1, 0.15) is 52.9 Å². The van der Waals surface area contributed by atoms with E-state index in [1.54, 1.807) is 0 Å². The van der Waals surface area contributed by atoms with Gasteiger partial charge in [-0.2, -0.15) is 0 Å². The van der Waals surface area contributed by atoms with Gasteiger partial charge in [-0.1, -0.05) is 19.8 Å². The summed E-state index contributed by atoms with van der Waals surface area (Å²) in [6, 6.07) is 0. The molecule has 16 heavy (non-hydrogen) atoms. The van der Waals surface area contributed by atoms with Gasteiger partial charge in [-0.15, -0.1) is 0 Å². The van der Waals surface area contributed by atoms with Crippen molar-refractivity contribution in [3.63, 3.8) is 0 Å². The van der Waals surface area contributed by atoms with E-state index >= 15 is 0 Å². The molecule has 0 aromatic heterocycles. The highest BCUT2D eigenvalue weighted by molar-refractivity contribution is 5.79. The predicted molar refractivity (Wildman–Crippen MR) is 70.8 cm³/mol. The average Bonchev–Trinajstić information content (AvgIpc) is 2.22. The molecule has 0 spiro atoms. The Kier molecular flexibility index (Phi) is 5.64. The third-order valence-corrected chi connectivity index (χ3v) is 3.46. The van der Waals surface area contributed by atoms with Gasteiger partial charge in [0.2, 0.25) is 0 Å². The number of guanidine groups is 1. The Morgan fingerprint density at radius 3 is 2.12 bits per heavy atom. The lowest BCUT2D eigenvalue weighted by Crippen LogP contribution is -2.39. The fraction of sp³-hybridized carbons (Fsp3) is 0.923. The lowest BCUT2D eigenvalue weighted by molar-refractivity contribution is 0.130. The first-order valence-corrected chi connectivity index (χ1v) is 6.78. The molecular formula is C13H27N3. The van der Waals surface area contributed by atoms with Gasteiger partial charge in [0, 0.05) is 19.6 Å². The molecular weight excluding hydrogens is 198 g/mol. The summed E-state index contributed by atoms with van der Waals surface area (Å²) in [7, 11) is 0. The number of aliphatic imine (C=N–C) groups is 1. The Balaban J connectivity index is 2.46. The quantitative estimate of drug-likeness (QED) is 0.538. The second-order valence-corrected chi connectivity index (χ2v) is 4.83. The number of hydrogen-bond acceptors (Lipinski definition) is 1. The minimum atomic E-state index is 0.533. The van der Waals surface area contributed by atoms with Gasteiger partial charge in [-0.25, -0.2) is 0 Å². The first-order valence-electron chi connectivity index (χ1n) is 6.78.